The first-order chi connectivity index (χ1) is 10.6. The van der Waals surface area contributed by atoms with Crippen LogP contribution >= 0.6 is 15.9 Å². The molecule has 22 heavy (non-hydrogen) atoms. The second-order valence-electron chi connectivity index (χ2n) is 5.05. The third kappa shape index (κ3) is 3.16. The summed E-state index contributed by atoms with van der Waals surface area (Å²) < 4.78 is 27.7. The number of aromatic nitrogens is 1. The van der Waals surface area contributed by atoms with E-state index >= 15 is 0 Å². The van der Waals surface area contributed by atoms with E-state index in [2.05, 4.69) is 25.8 Å². The molecule has 1 aliphatic heterocycles. The molecule has 116 valence electrons. The zero-order valence-electron chi connectivity index (χ0n) is 11.9. The lowest BCUT2D eigenvalue weighted by Gasteiger charge is -2.35. The summed E-state index contributed by atoms with van der Waals surface area (Å²) in [6.07, 6.45) is 3.50. The molecule has 0 saturated carbocycles. The summed E-state index contributed by atoms with van der Waals surface area (Å²) in [6.45, 7) is 2.33. The summed E-state index contributed by atoms with van der Waals surface area (Å²) in [6, 6.07) is 10.7. The molecule has 0 atom stereocenters. The highest BCUT2D eigenvalue weighted by atomic mass is 79.9. The fraction of sp³-hybridized carbons (Fsp3) is 0.267. The van der Waals surface area contributed by atoms with Crippen LogP contribution < -0.4 is 4.90 Å². The summed E-state index contributed by atoms with van der Waals surface area (Å²) in [7, 11) is -3.41. The first kappa shape index (κ1) is 15.5. The van der Waals surface area contributed by atoms with E-state index in [-0.39, 0.29) is 0 Å². The molecule has 0 unspecified atom stereocenters. The first-order valence-electron chi connectivity index (χ1n) is 6.98. The van der Waals surface area contributed by atoms with E-state index in [9.17, 15) is 8.42 Å². The summed E-state index contributed by atoms with van der Waals surface area (Å²) in [4.78, 5) is 6.52. The van der Waals surface area contributed by atoms with E-state index in [0.29, 0.717) is 31.1 Å². The topological polar surface area (TPSA) is 53.5 Å². The molecule has 0 amide bonds. The summed E-state index contributed by atoms with van der Waals surface area (Å²) in [5, 5.41) is 0. The van der Waals surface area contributed by atoms with Crippen molar-refractivity contribution in [2.45, 2.75) is 4.90 Å². The van der Waals surface area contributed by atoms with Gasteiger partial charge in [0.05, 0.1) is 4.90 Å². The van der Waals surface area contributed by atoms with Crippen molar-refractivity contribution in [1.29, 1.82) is 0 Å². The number of benzene rings is 1. The minimum Gasteiger partial charge on any atom is -0.369 e. The summed E-state index contributed by atoms with van der Waals surface area (Å²) >= 11 is 3.32. The SMILES string of the molecule is O=S(=O)(c1ccc(Br)cc1)N1CCN(c2ccncc2)CC1. The van der Waals surface area contributed by atoms with Crippen molar-refractivity contribution in [3.63, 3.8) is 0 Å². The standard InChI is InChI=1S/C15H16BrN3O2S/c16-13-1-3-15(4-2-13)22(20,21)19-11-9-18(10-12-19)14-5-7-17-8-6-14/h1-8H,9-12H2. The molecule has 1 aromatic heterocycles. The van der Waals surface area contributed by atoms with Crippen LogP contribution in [0.4, 0.5) is 5.69 Å². The maximum Gasteiger partial charge on any atom is 0.243 e. The van der Waals surface area contributed by atoms with Gasteiger partial charge in [-0.2, -0.15) is 4.31 Å². The van der Waals surface area contributed by atoms with Gasteiger partial charge in [0.15, 0.2) is 0 Å². The number of rotatable bonds is 3. The van der Waals surface area contributed by atoms with Gasteiger partial charge in [-0.15, -0.1) is 0 Å². The van der Waals surface area contributed by atoms with E-state index < -0.39 is 10.0 Å². The van der Waals surface area contributed by atoms with E-state index in [0.717, 1.165) is 10.2 Å². The Kier molecular flexibility index (Phi) is 4.46. The highest BCUT2D eigenvalue weighted by Crippen LogP contribution is 2.22. The van der Waals surface area contributed by atoms with Crippen LogP contribution in [0.1, 0.15) is 0 Å². The second kappa shape index (κ2) is 6.36. The van der Waals surface area contributed by atoms with Crippen LogP contribution in [0.25, 0.3) is 0 Å². The maximum absolute atomic E-state index is 12.6. The molecule has 1 aromatic carbocycles. The molecular weight excluding hydrogens is 366 g/mol. The molecule has 1 aliphatic rings. The lowest BCUT2D eigenvalue weighted by molar-refractivity contribution is 0.385. The van der Waals surface area contributed by atoms with Crippen LogP contribution in [0, 0.1) is 0 Å². The van der Waals surface area contributed by atoms with Gasteiger partial charge in [-0.25, -0.2) is 8.42 Å². The zero-order chi connectivity index (χ0) is 15.6. The normalized spacial score (nSPS) is 16.7. The van der Waals surface area contributed by atoms with Crippen LogP contribution in [0.5, 0.6) is 0 Å². The minimum atomic E-state index is -3.41. The third-order valence-corrected chi connectivity index (χ3v) is 6.16. The van der Waals surface area contributed by atoms with Crippen molar-refractivity contribution in [2.24, 2.45) is 0 Å². The monoisotopic (exact) mass is 381 g/mol. The number of halogens is 1. The third-order valence-electron chi connectivity index (χ3n) is 3.72. The molecule has 1 saturated heterocycles. The molecule has 0 N–H and O–H groups in total. The molecule has 2 aromatic rings. The fourth-order valence-corrected chi connectivity index (χ4v) is 4.18. The Labute approximate surface area is 138 Å². The first-order valence-corrected chi connectivity index (χ1v) is 9.21. The van der Waals surface area contributed by atoms with Gasteiger partial charge in [-0.3, -0.25) is 4.98 Å². The van der Waals surface area contributed by atoms with Gasteiger partial charge < -0.3 is 4.90 Å². The van der Waals surface area contributed by atoms with Crippen molar-refractivity contribution in [1.82, 2.24) is 9.29 Å². The number of hydrogen-bond acceptors (Lipinski definition) is 4. The number of pyridine rings is 1. The van der Waals surface area contributed by atoms with Crippen LogP contribution in [0.15, 0.2) is 58.2 Å². The Hall–Kier alpha value is -1.44. The van der Waals surface area contributed by atoms with Gasteiger partial charge in [0, 0.05) is 48.7 Å². The fourth-order valence-electron chi connectivity index (χ4n) is 2.50. The molecule has 0 aliphatic carbocycles. The summed E-state index contributed by atoms with van der Waals surface area (Å²) in [5.41, 5.74) is 1.08. The molecule has 7 heteroatoms. The number of piperazine rings is 1. The quantitative estimate of drug-likeness (QED) is 0.818. The van der Waals surface area contributed by atoms with Crippen molar-refractivity contribution < 1.29 is 8.42 Å². The maximum atomic E-state index is 12.6. The van der Waals surface area contributed by atoms with Crippen molar-refractivity contribution in [3.8, 4) is 0 Å². The van der Waals surface area contributed by atoms with Crippen LogP contribution in [-0.2, 0) is 10.0 Å². The Morgan fingerprint density at radius 2 is 1.50 bits per heavy atom. The smallest absolute Gasteiger partial charge is 0.243 e. The van der Waals surface area contributed by atoms with Crippen molar-refractivity contribution in [3.05, 3.63) is 53.3 Å². The van der Waals surface area contributed by atoms with Gasteiger partial charge in [0.25, 0.3) is 0 Å². The van der Waals surface area contributed by atoms with E-state index in [1.54, 1.807) is 41.0 Å². The lowest BCUT2D eigenvalue weighted by atomic mass is 10.3. The average molecular weight is 382 g/mol. The number of sulfonamides is 1. The number of hydrogen-bond donors (Lipinski definition) is 0. The average Bonchev–Trinajstić information content (AvgIpc) is 2.56. The Balaban J connectivity index is 1.72. The molecule has 5 nitrogen and oxygen atoms in total. The minimum absolute atomic E-state index is 0.341. The van der Waals surface area contributed by atoms with Gasteiger partial charge >= 0.3 is 0 Å². The Morgan fingerprint density at radius 3 is 2.09 bits per heavy atom. The highest BCUT2D eigenvalue weighted by Gasteiger charge is 2.28. The predicted octanol–water partition coefficient (Wildman–Crippen LogP) is 2.36. The highest BCUT2D eigenvalue weighted by molar-refractivity contribution is 9.10. The van der Waals surface area contributed by atoms with E-state index in [1.807, 2.05) is 12.1 Å². The number of anilines is 1. The Bertz CT molecular complexity index is 727. The molecule has 1 fully saturated rings. The molecule has 0 radical (unpaired) electrons. The van der Waals surface area contributed by atoms with Crippen LogP contribution in [0.3, 0.4) is 0 Å². The van der Waals surface area contributed by atoms with Crippen LogP contribution in [-0.4, -0.2) is 43.9 Å². The second-order valence-corrected chi connectivity index (χ2v) is 7.90. The molecule has 2 heterocycles. The lowest BCUT2D eigenvalue weighted by Crippen LogP contribution is -2.48. The Morgan fingerprint density at radius 1 is 0.909 bits per heavy atom. The van der Waals surface area contributed by atoms with Gasteiger partial charge in [0.2, 0.25) is 10.0 Å². The predicted molar refractivity (Wildman–Crippen MR) is 89.4 cm³/mol. The van der Waals surface area contributed by atoms with Gasteiger partial charge in [-0.1, -0.05) is 15.9 Å². The van der Waals surface area contributed by atoms with Crippen molar-refractivity contribution in [2.75, 3.05) is 31.1 Å². The largest absolute Gasteiger partial charge is 0.369 e. The molecule has 3 rings (SSSR count). The molecule has 0 spiro atoms. The van der Waals surface area contributed by atoms with Crippen LogP contribution in [0.2, 0.25) is 0 Å². The number of nitrogens with zero attached hydrogens (tertiary/aromatic N) is 3. The molecular formula is C15H16BrN3O2S. The summed E-state index contributed by atoms with van der Waals surface area (Å²) in [5.74, 6) is 0. The van der Waals surface area contributed by atoms with E-state index in [4.69, 9.17) is 0 Å². The van der Waals surface area contributed by atoms with Crippen molar-refractivity contribution >= 4 is 31.6 Å². The van der Waals surface area contributed by atoms with E-state index in [1.165, 1.54) is 0 Å². The zero-order valence-corrected chi connectivity index (χ0v) is 14.3. The van der Waals surface area contributed by atoms with Gasteiger partial charge in [-0.05, 0) is 36.4 Å². The molecule has 0 bridgehead atoms. The van der Waals surface area contributed by atoms with Gasteiger partial charge in [0.1, 0.15) is 0 Å².